The molecule has 1 aromatic rings. The molecule has 2 heterocycles. The molecule has 0 radical (unpaired) electrons. The van der Waals surface area contributed by atoms with E-state index in [9.17, 15) is 4.79 Å². The van der Waals surface area contributed by atoms with Gasteiger partial charge in [-0.05, 0) is 20.4 Å². The number of hydrogen-bond acceptors (Lipinski definition) is 6. The second-order valence-corrected chi connectivity index (χ2v) is 4.31. The van der Waals surface area contributed by atoms with E-state index in [0.29, 0.717) is 37.9 Å². The van der Waals surface area contributed by atoms with E-state index in [1.807, 2.05) is 6.92 Å². The smallest absolute Gasteiger partial charge is 0.312 e. The van der Waals surface area contributed by atoms with Crippen LogP contribution in [-0.4, -0.2) is 40.4 Å². The van der Waals surface area contributed by atoms with E-state index in [1.54, 1.807) is 11.6 Å². The molecule has 0 amide bonds. The Bertz CT molecular complexity index is 431. The Labute approximate surface area is 106 Å². The SMILES string of the molecule is CCOC(=O)C1CNc2nc(CCN)nn2C1C. The van der Waals surface area contributed by atoms with Crippen molar-refractivity contribution in [3.05, 3.63) is 5.82 Å². The third-order valence-corrected chi connectivity index (χ3v) is 3.08. The summed E-state index contributed by atoms with van der Waals surface area (Å²) in [6, 6.07) is -0.0562. The van der Waals surface area contributed by atoms with Gasteiger partial charge >= 0.3 is 5.97 Å². The van der Waals surface area contributed by atoms with Gasteiger partial charge < -0.3 is 15.8 Å². The molecule has 0 saturated carbocycles. The van der Waals surface area contributed by atoms with Gasteiger partial charge in [0.15, 0.2) is 5.82 Å². The van der Waals surface area contributed by atoms with Crippen LogP contribution >= 0.6 is 0 Å². The number of fused-ring (bicyclic) bond motifs is 1. The number of anilines is 1. The number of nitrogens with one attached hydrogen (secondary N) is 1. The highest BCUT2D eigenvalue weighted by Gasteiger charge is 2.34. The zero-order chi connectivity index (χ0) is 13.1. The number of ether oxygens (including phenoxy) is 1. The van der Waals surface area contributed by atoms with Gasteiger partial charge in [-0.2, -0.15) is 10.1 Å². The molecule has 0 spiro atoms. The predicted octanol–water partition coefficient (Wildman–Crippen LogP) is -0.0549. The van der Waals surface area contributed by atoms with E-state index in [2.05, 4.69) is 15.4 Å². The summed E-state index contributed by atoms with van der Waals surface area (Å²) in [7, 11) is 0. The molecular weight excluding hydrogens is 234 g/mol. The third-order valence-electron chi connectivity index (χ3n) is 3.08. The van der Waals surface area contributed by atoms with Crippen LogP contribution in [0.15, 0.2) is 0 Å². The Morgan fingerprint density at radius 2 is 2.44 bits per heavy atom. The number of hydrogen-bond donors (Lipinski definition) is 2. The lowest BCUT2D eigenvalue weighted by atomic mass is 10.0. The maximum absolute atomic E-state index is 11.8. The molecule has 0 saturated heterocycles. The monoisotopic (exact) mass is 253 g/mol. The molecule has 0 aromatic carbocycles. The standard InChI is InChI=1S/C11H19N5O2/c1-3-18-10(17)8-6-13-11-14-9(4-5-12)15-16(11)7(8)2/h7-8H,3-6,12H2,1-2H3,(H,13,14,15). The lowest BCUT2D eigenvalue weighted by molar-refractivity contribution is -0.149. The molecule has 2 unspecified atom stereocenters. The third kappa shape index (κ3) is 2.31. The first-order valence-electron chi connectivity index (χ1n) is 6.23. The summed E-state index contributed by atoms with van der Waals surface area (Å²) in [5.41, 5.74) is 5.48. The fourth-order valence-electron chi connectivity index (χ4n) is 2.08. The van der Waals surface area contributed by atoms with E-state index in [-0.39, 0.29) is 17.9 Å². The largest absolute Gasteiger partial charge is 0.466 e. The molecule has 1 aliphatic heterocycles. The Hall–Kier alpha value is -1.63. The van der Waals surface area contributed by atoms with Crippen LogP contribution in [-0.2, 0) is 16.0 Å². The van der Waals surface area contributed by atoms with Gasteiger partial charge in [0, 0.05) is 13.0 Å². The first-order valence-corrected chi connectivity index (χ1v) is 6.23. The van der Waals surface area contributed by atoms with E-state index in [4.69, 9.17) is 10.5 Å². The van der Waals surface area contributed by atoms with Crippen molar-refractivity contribution in [2.24, 2.45) is 11.7 Å². The zero-order valence-corrected chi connectivity index (χ0v) is 10.7. The van der Waals surface area contributed by atoms with Gasteiger partial charge in [-0.15, -0.1) is 0 Å². The van der Waals surface area contributed by atoms with Gasteiger partial charge in [0.25, 0.3) is 0 Å². The van der Waals surface area contributed by atoms with Gasteiger partial charge in [0.1, 0.15) is 0 Å². The quantitative estimate of drug-likeness (QED) is 0.730. The second-order valence-electron chi connectivity index (χ2n) is 4.31. The summed E-state index contributed by atoms with van der Waals surface area (Å²) in [5, 5.41) is 7.48. The molecule has 1 aromatic heterocycles. The molecule has 2 atom stereocenters. The number of aromatic nitrogens is 3. The van der Waals surface area contributed by atoms with Crippen molar-refractivity contribution in [1.82, 2.24) is 14.8 Å². The molecule has 100 valence electrons. The van der Waals surface area contributed by atoms with Crippen LogP contribution in [0, 0.1) is 5.92 Å². The Balaban J connectivity index is 2.16. The Morgan fingerprint density at radius 1 is 1.67 bits per heavy atom. The number of esters is 1. The van der Waals surface area contributed by atoms with Gasteiger partial charge in [-0.25, -0.2) is 4.68 Å². The number of nitrogens with two attached hydrogens (primary N) is 1. The lowest BCUT2D eigenvalue weighted by Gasteiger charge is -2.28. The average Bonchev–Trinajstić information content (AvgIpc) is 2.74. The van der Waals surface area contributed by atoms with Crippen molar-refractivity contribution in [3.8, 4) is 0 Å². The summed E-state index contributed by atoms with van der Waals surface area (Å²) in [5.74, 6) is 0.978. The first kappa shape index (κ1) is 12.8. The average molecular weight is 253 g/mol. The fraction of sp³-hybridized carbons (Fsp3) is 0.727. The van der Waals surface area contributed by atoms with Crippen molar-refractivity contribution >= 4 is 11.9 Å². The number of carbonyl (C=O) groups is 1. The number of carbonyl (C=O) groups excluding carboxylic acids is 1. The van der Waals surface area contributed by atoms with Crippen LogP contribution < -0.4 is 11.1 Å². The van der Waals surface area contributed by atoms with E-state index in [0.717, 1.165) is 0 Å². The molecule has 7 heteroatoms. The maximum Gasteiger partial charge on any atom is 0.312 e. The van der Waals surface area contributed by atoms with Crippen LogP contribution in [0.4, 0.5) is 5.95 Å². The summed E-state index contributed by atoms with van der Waals surface area (Å²) in [4.78, 5) is 16.1. The summed E-state index contributed by atoms with van der Waals surface area (Å²) in [6.45, 7) is 5.19. The van der Waals surface area contributed by atoms with Gasteiger partial charge in [0.05, 0.1) is 18.6 Å². The molecule has 1 aliphatic rings. The molecule has 0 bridgehead atoms. The summed E-state index contributed by atoms with van der Waals surface area (Å²) in [6.07, 6.45) is 0.637. The lowest BCUT2D eigenvalue weighted by Crippen LogP contribution is -2.37. The predicted molar refractivity (Wildman–Crippen MR) is 66.1 cm³/mol. The number of nitrogens with zero attached hydrogens (tertiary/aromatic N) is 3. The first-order chi connectivity index (χ1) is 8.67. The molecular formula is C11H19N5O2. The molecule has 3 N–H and O–H groups in total. The van der Waals surface area contributed by atoms with Crippen LogP contribution in [0.25, 0.3) is 0 Å². The highest BCUT2D eigenvalue weighted by Crippen LogP contribution is 2.27. The topological polar surface area (TPSA) is 95.1 Å². The Kier molecular flexibility index (Phi) is 3.81. The van der Waals surface area contributed by atoms with Crippen LogP contribution in [0.3, 0.4) is 0 Å². The normalized spacial score (nSPS) is 22.2. The van der Waals surface area contributed by atoms with Crippen molar-refractivity contribution in [2.45, 2.75) is 26.3 Å². The van der Waals surface area contributed by atoms with Crippen molar-refractivity contribution < 1.29 is 9.53 Å². The maximum atomic E-state index is 11.8. The molecule has 0 fully saturated rings. The van der Waals surface area contributed by atoms with E-state index < -0.39 is 0 Å². The second kappa shape index (κ2) is 5.34. The summed E-state index contributed by atoms with van der Waals surface area (Å²) < 4.78 is 6.81. The highest BCUT2D eigenvalue weighted by molar-refractivity contribution is 5.74. The summed E-state index contributed by atoms with van der Waals surface area (Å²) >= 11 is 0. The molecule has 18 heavy (non-hydrogen) atoms. The van der Waals surface area contributed by atoms with Crippen molar-refractivity contribution in [3.63, 3.8) is 0 Å². The van der Waals surface area contributed by atoms with Crippen LogP contribution in [0.1, 0.15) is 25.7 Å². The minimum Gasteiger partial charge on any atom is -0.466 e. The highest BCUT2D eigenvalue weighted by atomic mass is 16.5. The van der Waals surface area contributed by atoms with Crippen molar-refractivity contribution in [2.75, 3.05) is 25.0 Å². The van der Waals surface area contributed by atoms with Gasteiger partial charge in [0.2, 0.25) is 5.95 Å². The van der Waals surface area contributed by atoms with Gasteiger partial charge in [-0.1, -0.05) is 0 Å². The van der Waals surface area contributed by atoms with Crippen LogP contribution in [0.5, 0.6) is 0 Å². The van der Waals surface area contributed by atoms with Crippen molar-refractivity contribution in [1.29, 1.82) is 0 Å². The van der Waals surface area contributed by atoms with Gasteiger partial charge in [-0.3, -0.25) is 4.79 Å². The number of rotatable bonds is 4. The zero-order valence-electron chi connectivity index (χ0n) is 10.7. The minimum absolute atomic E-state index is 0.0562. The molecule has 0 aliphatic carbocycles. The Morgan fingerprint density at radius 3 is 3.11 bits per heavy atom. The molecule has 2 rings (SSSR count). The molecule has 7 nitrogen and oxygen atoms in total. The fourth-order valence-corrected chi connectivity index (χ4v) is 2.08. The van der Waals surface area contributed by atoms with Crippen LogP contribution in [0.2, 0.25) is 0 Å². The van der Waals surface area contributed by atoms with E-state index >= 15 is 0 Å². The minimum atomic E-state index is -0.232. The van der Waals surface area contributed by atoms with E-state index in [1.165, 1.54) is 0 Å².